The van der Waals surface area contributed by atoms with Crippen molar-refractivity contribution in [1.29, 1.82) is 0 Å². The number of hydrogen-bond acceptors (Lipinski definition) is 2. The molecule has 2 atom stereocenters. The van der Waals surface area contributed by atoms with Crippen LogP contribution in [0.5, 0.6) is 5.75 Å². The van der Waals surface area contributed by atoms with E-state index >= 15 is 0 Å². The standard InChI is InChI=1S/C16H22O3/c1-2-12-6-4-8-16(10-12,15(18)19)11-13-5-3-7-14(17)9-13/h3,5,7,9,12,17H,2,4,6,8,10-11H2,1H3,(H,18,19). The van der Waals surface area contributed by atoms with E-state index in [0.29, 0.717) is 12.3 Å². The van der Waals surface area contributed by atoms with Crippen molar-refractivity contribution in [2.24, 2.45) is 11.3 Å². The van der Waals surface area contributed by atoms with Crippen molar-refractivity contribution in [1.82, 2.24) is 0 Å². The van der Waals surface area contributed by atoms with Crippen LogP contribution in [0.15, 0.2) is 24.3 Å². The molecule has 1 aliphatic rings. The van der Waals surface area contributed by atoms with Gasteiger partial charge in [0.25, 0.3) is 0 Å². The summed E-state index contributed by atoms with van der Waals surface area (Å²) in [6.45, 7) is 2.14. The smallest absolute Gasteiger partial charge is 0.309 e. The van der Waals surface area contributed by atoms with Crippen molar-refractivity contribution in [3.63, 3.8) is 0 Å². The quantitative estimate of drug-likeness (QED) is 0.871. The molecule has 0 heterocycles. The van der Waals surface area contributed by atoms with Gasteiger partial charge in [-0.25, -0.2) is 0 Å². The molecule has 0 amide bonds. The molecule has 0 saturated heterocycles. The molecule has 3 heteroatoms. The van der Waals surface area contributed by atoms with Gasteiger partial charge in [-0.2, -0.15) is 0 Å². The lowest BCUT2D eigenvalue weighted by Crippen LogP contribution is -2.38. The van der Waals surface area contributed by atoms with Gasteiger partial charge in [-0.3, -0.25) is 4.79 Å². The fourth-order valence-electron chi connectivity index (χ4n) is 3.32. The van der Waals surface area contributed by atoms with E-state index in [2.05, 4.69) is 6.92 Å². The fraction of sp³-hybridized carbons (Fsp3) is 0.562. The number of phenolic OH excluding ortho intramolecular Hbond substituents is 1. The van der Waals surface area contributed by atoms with Crippen LogP contribution in [0.4, 0.5) is 0 Å². The molecule has 1 aromatic rings. The average Bonchev–Trinajstić information content (AvgIpc) is 2.38. The maximum Gasteiger partial charge on any atom is 0.309 e. The van der Waals surface area contributed by atoms with Gasteiger partial charge in [0.15, 0.2) is 0 Å². The lowest BCUT2D eigenvalue weighted by atomic mass is 9.66. The molecular formula is C16H22O3. The Kier molecular flexibility index (Phi) is 4.13. The molecule has 0 aromatic heterocycles. The number of carboxylic acids is 1. The van der Waals surface area contributed by atoms with Crippen molar-refractivity contribution in [2.75, 3.05) is 0 Å². The summed E-state index contributed by atoms with van der Waals surface area (Å²) in [6, 6.07) is 6.98. The monoisotopic (exact) mass is 262 g/mol. The molecule has 1 aromatic carbocycles. The summed E-state index contributed by atoms with van der Waals surface area (Å²) >= 11 is 0. The zero-order valence-corrected chi connectivity index (χ0v) is 11.4. The summed E-state index contributed by atoms with van der Waals surface area (Å²) in [7, 11) is 0. The Bertz CT molecular complexity index is 455. The number of benzene rings is 1. The van der Waals surface area contributed by atoms with Crippen molar-refractivity contribution in [3.8, 4) is 5.75 Å². The zero-order valence-electron chi connectivity index (χ0n) is 11.4. The van der Waals surface area contributed by atoms with E-state index in [4.69, 9.17) is 0 Å². The highest BCUT2D eigenvalue weighted by Crippen LogP contribution is 2.43. The normalized spacial score (nSPS) is 27.1. The third kappa shape index (κ3) is 3.09. The van der Waals surface area contributed by atoms with Crippen LogP contribution in [0.3, 0.4) is 0 Å². The third-order valence-corrected chi connectivity index (χ3v) is 4.43. The highest BCUT2D eigenvalue weighted by atomic mass is 16.4. The van der Waals surface area contributed by atoms with E-state index in [0.717, 1.165) is 37.7 Å². The Morgan fingerprint density at radius 1 is 1.47 bits per heavy atom. The summed E-state index contributed by atoms with van der Waals surface area (Å²) in [5.41, 5.74) is 0.270. The highest BCUT2D eigenvalue weighted by Gasteiger charge is 2.42. The van der Waals surface area contributed by atoms with Crippen LogP contribution in [-0.2, 0) is 11.2 Å². The molecule has 2 unspecified atom stereocenters. The first-order chi connectivity index (χ1) is 9.05. The Hall–Kier alpha value is -1.51. The molecule has 19 heavy (non-hydrogen) atoms. The first-order valence-corrected chi connectivity index (χ1v) is 7.07. The molecule has 0 aliphatic heterocycles. The van der Waals surface area contributed by atoms with Crippen molar-refractivity contribution in [2.45, 2.75) is 45.4 Å². The van der Waals surface area contributed by atoms with E-state index in [1.807, 2.05) is 6.07 Å². The minimum atomic E-state index is -0.686. The Morgan fingerprint density at radius 2 is 2.26 bits per heavy atom. The molecular weight excluding hydrogens is 240 g/mol. The largest absolute Gasteiger partial charge is 0.508 e. The number of phenols is 1. The summed E-state index contributed by atoms with van der Waals surface area (Å²) in [5.74, 6) is 0.0389. The lowest BCUT2D eigenvalue weighted by molar-refractivity contribution is -0.152. The topological polar surface area (TPSA) is 57.5 Å². The van der Waals surface area contributed by atoms with Gasteiger partial charge in [0.2, 0.25) is 0 Å². The van der Waals surface area contributed by atoms with E-state index in [-0.39, 0.29) is 5.75 Å². The number of carbonyl (C=O) groups is 1. The predicted molar refractivity (Wildman–Crippen MR) is 74.1 cm³/mol. The number of aliphatic carboxylic acids is 1. The predicted octanol–water partition coefficient (Wildman–Crippen LogP) is 3.61. The molecule has 104 valence electrons. The third-order valence-electron chi connectivity index (χ3n) is 4.43. The highest BCUT2D eigenvalue weighted by molar-refractivity contribution is 5.75. The average molecular weight is 262 g/mol. The Labute approximate surface area is 114 Å². The Morgan fingerprint density at radius 3 is 2.89 bits per heavy atom. The van der Waals surface area contributed by atoms with E-state index < -0.39 is 11.4 Å². The van der Waals surface area contributed by atoms with Crippen LogP contribution in [0.1, 0.15) is 44.6 Å². The summed E-state index contributed by atoms with van der Waals surface area (Å²) < 4.78 is 0. The molecule has 2 N–H and O–H groups in total. The molecule has 0 spiro atoms. The van der Waals surface area contributed by atoms with Crippen LogP contribution in [-0.4, -0.2) is 16.2 Å². The van der Waals surface area contributed by atoms with Gasteiger partial charge in [0, 0.05) is 0 Å². The van der Waals surface area contributed by atoms with Crippen LogP contribution >= 0.6 is 0 Å². The van der Waals surface area contributed by atoms with E-state index in [1.165, 1.54) is 0 Å². The van der Waals surface area contributed by atoms with Gasteiger partial charge >= 0.3 is 5.97 Å². The van der Waals surface area contributed by atoms with E-state index in [9.17, 15) is 15.0 Å². The SMILES string of the molecule is CCC1CCCC(Cc2cccc(O)c2)(C(=O)O)C1. The second-order valence-electron chi connectivity index (χ2n) is 5.80. The number of carboxylic acid groups (broad SMARTS) is 1. The number of aromatic hydroxyl groups is 1. The zero-order chi connectivity index (χ0) is 13.9. The van der Waals surface area contributed by atoms with E-state index in [1.54, 1.807) is 18.2 Å². The second kappa shape index (κ2) is 5.64. The summed E-state index contributed by atoms with van der Waals surface area (Å²) in [4.78, 5) is 11.8. The van der Waals surface area contributed by atoms with Gasteiger partial charge in [0.05, 0.1) is 5.41 Å². The summed E-state index contributed by atoms with van der Waals surface area (Å²) in [5, 5.41) is 19.2. The molecule has 1 fully saturated rings. The maximum absolute atomic E-state index is 11.8. The van der Waals surface area contributed by atoms with Crippen molar-refractivity contribution < 1.29 is 15.0 Å². The second-order valence-corrected chi connectivity index (χ2v) is 5.80. The number of rotatable bonds is 4. The number of hydrogen-bond donors (Lipinski definition) is 2. The molecule has 1 saturated carbocycles. The van der Waals surface area contributed by atoms with Crippen molar-refractivity contribution >= 4 is 5.97 Å². The van der Waals surface area contributed by atoms with Gasteiger partial charge in [-0.05, 0) is 42.9 Å². The van der Waals surface area contributed by atoms with Crippen LogP contribution in [0.2, 0.25) is 0 Å². The van der Waals surface area contributed by atoms with Gasteiger partial charge in [-0.15, -0.1) is 0 Å². The van der Waals surface area contributed by atoms with Crippen LogP contribution in [0, 0.1) is 11.3 Å². The van der Waals surface area contributed by atoms with Gasteiger partial charge in [0.1, 0.15) is 5.75 Å². The van der Waals surface area contributed by atoms with Crippen LogP contribution in [0.25, 0.3) is 0 Å². The fourth-order valence-corrected chi connectivity index (χ4v) is 3.32. The van der Waals surface area contributed by atoms with Gasteiger partial charge < -0.3 is 10.2 Å². The van der Waals surface area contributed by atoms with Crippen molar-refractivity contribution in [3.05, 3.63) is 29.8 Å². The maximum atomic E-state index is 11.8. The first kappa shape index (κ1) is 13.9. The lowest BCUT2D eigenvalue weighted by Gasteiger charge is -2.37. The molecule has 0 radical (unpaired) electrons. The van der Waals surface area contributed by atoms with Gasteiger partial charge in [-0.1, -0.05) is 38.3 Å². The molecule has 1 aliphatic carbocycles. The molecule has 0 bridgehead atoms. The molecule has 3 nitrogen and oxygen atoms in total. The minimum absolute atomic E-state index is 0.209. The summed E-state index contributed by atoms with van der Waals surface area (Å²) in [6.07, 6.45) is 5.21. The first-order valence-electron chi connectivity index (χ1n) is 7.07. The molecule has 2 rings (SSSR count). The van der Waals surface area contributed by atoms with Crippen LogP contribution < -0.4 is 0 Å². The minimum Gasteiger partial charge on any atom is -0.508 e. The Balaban J connectivity index is 2.22.